The molecule has 4 nitrogen and oxygen atoms in total. The largest absolute Gasteiger partial charge is 0.399 e. The predicted octanol–water partition coefficient (Wildman–Crippen LogP) is 0.0673. The van der Waals surface area contributed by atoms with Crippen molar-refractivity contribution in [1.29, 1.82) is 0 Å². The Morgan fingerprint density at radius 2 is 2.18 bits per heavy atom. The predicted molar refractivity (Wildman–Crippen MR) is 41.8 cm³/mol. The van der Waals surface area contributed by atoms with Gasteiger partial charge in [0.2, 0.25) is 0 Å². The van der Waals surface area contributed by atoms with Crippen molar-refractivity contribution < 1.29 is 8.42 Å². The molecule has 2 N–H and O–H groups in total. The fourth-order valence-corrected chi connectivity index (χ4v) is 1.23. The monoisotopic (exact) mass is 172 g/mol. The molecule has 0 saturated carbocycles. The highest BCUT2D eigenvalue weighted by Gasteiger charge is 2.07. The molecule has 0 saturated heterocycles. The van der Waals surface area contributed by atoms with Crippen molar-refractivity contribution in [3.05, 3.63) is 18.3 Å². The molecule has 0 spiro atoms. The minimum atomic E-state index is -3.22. The fourth-order valence-electron chi connectivity index (χ4n) is 0.628. The van der Waals surface area contributed by atoms with Crippen LogP contribution in [0.3, 0.4) is 0 Å². The van der Waals surface area contributed by atoms with Gasteiger partial charge in [0.05, 0.1) is 0 Å². The van der Waals surface area contributed by atoms with E-state index in [-0.39, 0.29) is 5.03 Å². The Morgan fingerprint density at radius 3 is 2.55 bits per heavy atom. The van der Waals surface area contributed by atoms with E-state index in [1.165, 1.54) is 18.3 Å². The summed E-state index contributed by atoms with van der Waals surface area (Å²) in [6.07, 6.45) is 2.46. The Balaban J connectivity index is 3.28. The van der Waals surface area contributed by atoms with Gasteiger partial charge in [-0.15, -0.1) is 0 Å². The normalized spacial score (nSPS) is 11.4. The van der Waals surface area contributed by atoms with Crippen molar-refractivity contribution in [2.45, 2.75) is 5.03 Å². The van der Waals surface area contributed by atoms with E-state index < -0.39 is 9.84 Å². The average molecular weight is 172 g/mol. The van der Waals surface area contributed by atoms with E-state index in [2.05, 4.69) is 4.98 Å². The van der Waals surface area contributed by atoms with Crippen molar-refractivity contribution in [1.82, 2.24) is 4.98 Å². The molecule has 0 aliphatic carbocycles. The molecule has 0 aliphatic heterocycles. The smallest absolute Gasteiger partial charge is 0.192 e. The van der Waals surface area contributed by atoms with Gasteiger partial charge in [-0.05, 0) is 12.1 Å². The van der Waals surface area contributed by atoms with Crippen LogP contribution in [0.5, 0.6) is 0 Å². The van der Waals surface area contributed by atoms with Gasteiger partial charge in [-0.1, -0.05) is 0 Å². The zero-order valence-electron chi connectivity index (χ0n) is 5.98. The van der Waals surface area contributed by atoms with Crippen LogP contribution < -0.4 is 5.73 Å². The molecule has 0 unspecified atom stereocenters. The van der Waals surface area contributed by atoms with E-state index in [1.54, 1.807) is 0 Å². The number of aromatic nitrogens is 1. The highest BCUT2D eigenvalue weighted by atomic mass is 32.2. The molecule has 0 fully saturated rings. The molecule has 0 radical (unpaired) electrons. The van der Waals surface area contributed by atoms with Crippen LogP contribution in [0.2, 0.25) is 0 Å². The molecule has 11 heavy (non-hydrogen) atoms. The number of nitrogens with zero attached hydrogens (tertiary/aromatic N) is 1. The van der Waals surface area contributed by atoms with Crippen LogP contribution >= 0.6 is 0 Å². The van der Waals surface area contributed by atoms with E-state index in [0.717, 1.165) is 6.26 Å². The minimum absolute atomic E-state index is 0.0116. The Bertz CT molecular complexity index is 359. The summed E-state index contributed by atoms with van der Waals surface area (Å²) in [5.74, 6) is 0. The first-order valence-corrected chi connectivity index (χ1v) is 4.81. The van der Waals surface area contributed by atoms with E-state index >= 15 is 0 Å². The molecule has 0 aromatic carbocycles. The lowest BCUT2D eigenvalue weighted by Crippen LogP contribution is -2.00. The SMILES string of the molecule is CS(=O)(=O)c1cc(N)ccn1. The molecular weight excluding hydrogens is 164 g/mol. The van der Waals surface area contributed by atoms with E-state index in [9.17, 15) is 8.42 Å². The van der Waals surface area contributed by atoms with Crippen molar-refractivity contribution >= 4 is 15.5 Å². The second-order valence-corrected chi connectivity index (χ2v) is 4.16. The molecule has 0 bridgehead atoms. The van der Waals surface area contributed by atoms with Gasteiger partial charge >= 0.3 is 0 Å². The lowest BCUT2D eigenvalue weighted by molar-refractivity contribution is 0.598. The summed E-state index contributed by atoms with van der Waals surface area (Å²) in [5.41, 5.74) is 5.75. The number of anilines is 1. The van der Waals surface area contributed by atoms with Crippen molar-refractivity contribution in [2.24, 2.45) is 0 Å². The first-order valence-electron chi connectivity index (χ1n) is 2.92. The fraction of sp³-hybridized carbons (Fsp3) is 0.167. The average Bonchev–Trinajstić information content (AvgIpc) is 1.86. The molecule has 0 atom stereocenters. The zero-order chi connectivity index (χ0) is 8.48. The molecule has 0 amide bonds. The van der Waals surface area contributed by atoms with Crippen molar-refractivity contribution in [3.8, 4) is 0 Å². The lowest BCUT2D eigenvalue weighted by atomic mass is 10.4. The van der Waals surface area contributed by atoms with Gasteiger partial charge in [0, 0.05) is 18.1 Å². The van der Waals surface area contributed by atoms with Crippen LogP contribution in [-0.2, 0) is 9.84 Å². The van der Waals surface area contributed by atoms with Gasteiger partial charge in [-0.3, -0.25) is 0 Å². The summed E-state index contributed by atoms with van der Waals surface area (Å²) < 4.78 is 21.7. The molecule has 1 rings (SSSR count). The Labute approximate surface area is 65.0 Å². The number of rotatable bonds is 1. The Kier molecular flexibility index (Phi) is 1.82. The third-order valence-electron chi connectivity index (χ3n) is 1.14. The second kappa shape index (κ2) is 2.50. The van der Waals surface area contributed by atoms with Crippen LogP contribution in [-0.4, -0.2) is 19.7 Å². The Hall–Kier alpha value is -1.10. The number of pyridine rings is 1. The van der Waals surface area contributed by atoms with Gasteiger partial charge in [-0.2, -0.15) is 0 Å². The van der Waals surface area contributed by atoms with Gasteiger partial charge < -0.3 is 5.73 Å². The second-order valence-electron chi connectivity index (χ2n) is 2.20. The maximum absolute atomic E-state index is 10.9. The van der Waals surface area contributed by atoms with Crippen molar-refractivity contribution in [3.63, 3.8) is 0 Å². The first kappa shape index (κ1) is 8.00. The third kappa shape index (κ3) is 1.91. The number of nitrogens with two attached hydrogens (primary N) is 1. The Morgan fingerprint density at radius 1 is 1.55 bits per heavy atom. The molecule has 1 heterocycles. The molecular formula is C6H8N2O2S. The maximum atomic E-state index is 10.9. The van der Waals surface area contributed by atoms with Crippen LogP contribution in [0.15, 0.2) is 23.4 Å². The molecule has 0 aliphatic rings. The number of hydrogen-bond acceptors (Lipinski definition) is 4. The summed E-state index contributed by atoms with van der Waals surface area (Å²) in [6.45, 7) is 0. The van der Waals surface area contributed by atoms with Gasteiger partial charge in [0.25, 0.3) is 0 Å². The third-order valence-corrected chi connectivity index (χ3v) is 2.12. The lowest BCUT2D eigenvalue weighted by Gasteiger charge is -1.96. The highest BCUT2D eigenvalue weighted by Crippen LogP contribution is 2.07. The van der Waals surface area contributed by atoms with Gasteiger partial charge in [0.15, 0.2) is 14.9 Å². The summed E-state index contributed by atoms with van der Waals surface area (Å²) in [6, 6.07) is 2.87. The number of nitrogen functional groups attached to an aromatic ring is 1. The standard InChI is InChI=1S/C6H8N2O2S/c1-11(9,10)6-4-5(7)2-3-8-6/h2-4H,1H3,(H2,7,8). The van der Waals surface area contributed by atoms with Crippen LogP contribution in [0.1, 0.15) is 0 Å². The molecule has 1 aromatic heterocycles. The molecule has 60 valence electrons. The summed E-state index contributed by atoms with van der Waals surface area (Å²) >= 11 is 0. The van der Waals surface area contributed by atoms with E-state index in [1.807, 2.05) is 0 Å². The van der Waals surface area contributed by atoms with Crippen LogP contribution in [0.25, 0.3) is 0 Å². The first-order chi connectivity index (χ1) is 5.00. The van der Waals surface area contributed by atoms with Crippen LogP contribution in [0, 0.1) is 0 Å². The highest BCUT2D eigenvalue weighted by molar-refractivity contribution is 7.90. The summed E-state index contributed by atoms with van der Waals surface area (Å²) in [7, 11) is -3.22. The minimum Gasteiger partial charge on any atom is -0.399 e. The molecule has 1 aromatic rings. The topological polar surface area (TPSA) is 73.0 Å². The maximum Gasteiger partial charge on any atom is 0.192 e. The molecule has 5 heteroatoms. The van der Waals surface area contributed by atoms with Gasteiger partial charge in [-0.25, -0.2) is 13.4 Å². The van der Waals surface area contributed by atoms with Crippen molar-refractivity contribution in [2.75, 3.05) is 12.0 Å². The number of sulfone groups is 1. The van der Waals surface area contributed by atoms with E-state index in [0.29, 0.717) is 5.69 Å². The van der Waals surface area contributed by atoms with Crippen LogP contribution in [0.4, 0.5) is 5.69 Å². The van der Waals surface area contributed by atoms with Gasteiger partial charge in [0.1, 0.15) is 0 Å². The zero-order valence-corrected chi connectivity index (χ0v) is 6.80. The summed E-state index contributed by atoms with van der Waals surface area (Å²) in [5, 5.41) is 0.0116. The quantitative estimate of drug-likeness (QED) is 0.650. The van der Waals surface area contributed by atoms with E-state index in [4.69, 9.17) is 5.73 Å². The number of hydrogen-bond donors (Lipinski definition) is 1. The summed E-state index contributed by atoms with van der Waals surface area (Å²) in [4.78, 5) is 3.64.